The van der Waals surface area contributed by atoms with E-state index in [1.54, 1.807) is 37.0 Å². The summed E-state index contributed by atoms with van der Waals surface area (Å²) < 4.78 is 28.8. The number of likely N-dealkylation sites (N-methyl/N-ethyl adjacent to an activating group) is 1. The molecular weight excluding hydrogens is 288 g/mol. The molecule has 0 saturated carbocycles. The van der Waals surface area contributed by atoms with Crippen LogP contribution in [0.1, 0.15) is 11.3 Å². The molecule has 0 fully saturated rings. The second-order valence-electron chi connectivity index (χ2n) is 4.90. The lowest BCUT2D eigenvalue weighted by Gasteiger charge is -2.08. The number of nitrogens with one attached hydrogen (secondary N) is 2. The molecule has 1 aromatic heterocycles. The molecule has 0 saturated heterocycles. The van der Waals surface area contributed by atoms with Gasteiger partial charge in [-0.25, -0.2) is 8.42 Å². The molecular formula is C14H20N4O2S. The second-order valence-corrected chi connectivity index (χ2v) is 6.59. The van der Waals surface area contributed by atoms with Gasteiger partial charge in [0, 0.05) is 13.2 Å². The van der Waals surface area contributed by atoms with Crippen LogP contribution in [0.2, 0.25) is 0 Å². The highest BCUT2D eigenvalue weighted by atomic mass is 32.2. The highest BCUT2D eigenvalue weighted by Gasteiger charge is 2.16. The van der Waals surface area contributed by atoms with Crippen molar-refractivity contribution in [1.82, 2.24) is 15.1 Å². The SMILES string of the molecule is CNCCc1ccc(S(=O)(=O)Nc2cn(C)nc2C)cc1. The normalized spacial score (nSPS) is 11.6. The van der Waals surface area contributed by atoms with Crippen LogP contribution in [0.5, 0.6) is 0 Å². The van der Waals surface area contributed by atoms with E-state index in [0.29, 0.717) is 11.4 Å². The minimum Gasteiger partial charge on any atom is -0.319 e. The zero-order valence-corrected chi connectivity index (χ0v) is 13.2. The zero-order valence-electron chi connectivity index (χ0n) is 12.4. The first-order valence-corrected chi connectivity index (χ1v) is 8.17. The van der Waals surface area contributed by atoms with Crippen LogP contribution >= 0.6 is 0 Å². The van der Waals surface area contributed by atoms with Gasteiger partial charge in [-0.3, -0.25) is 9.40 Å². The molecule has 2 rings (SSSR count). The number of aryl methyl sites for hydroxylation is 2. The van der Waals surface area contributed by atoms with Gasteiger partial charge < -0.3 is 5.32 Å². The summed E-state index contributed by atoms with van der Waals surface area (Å²) in [5, 5.41) is 7.18. The fourth-order valence-electron chi connectivity index (χ4n) is 2.01. The molecule has 0 aliphatic rings. The second kappa shape index (κ2) is 6.28. The van der Waals surface area contributed by atoms with Gasteiger partial charge in [0.25, 0.3) is 10.0 Å². The Labute approximate surface area is 125 Å². The fourth-order valence-corrected chi connectivity index (χ4v) is 3.11. The van der Waals surface area contributed by atoms with Gasteiger partial charge in [-0.05, 0) is 44.6 Å². The van der Waals surface area contributed by atoms with Crippen LogP contribution in [0.4, 0.5) is 5.69 Å². The van der Waals surface area contributed by atoms with Crippen molar-refractivity contribution in [3.8, 4) is 0 Å². The van der Waals surface area contributed by atoms with E-state index in [1.165, 1.54) is 0 Å². The van der Waals surface area contributed by atoms with Crippen molar-refractivity contribution < 1.29 is 8.42 Å². The van der Waals surface area contributed by atoms with Gasteiger partial charge in [0.15, 0.2) is 0 Å². The van der Waals surface area contributed by atoms with E-state index in [-0.39, 0.29) is 4.90 Å². The lowest BCUT2D eigenvalue weighted by Crippen LogP contribution is -2.14. The van der Waals surface area contributed by atoms with Crippen LogP contribution in [-0.2, 0) is 23.5 Å². The molecule has 21 heavy (non-hydrogen) atoms. The Morgan fingerprint density at radius 1 is 1.24 bits per heavy atom. The molecule has 0 atom stereocenters. The summed E-state index contributed by atoms with van der Waals surface area (Å²) in [6.07, 6.45) is 2.51. The highest BCUT2D eigenvalue weighted by molar-refractivity contribution is 7.92. The molecule has 114 valence electrons. The zero-order chi connectivity index (χ0) is 15.5. The minimum absolute atomic E-state index is 0.249. The Hall–Kier alpha value is -1.86. The van der Waals surface area contributed by atoms with Crippen LogP contribution in [0.15, 0.2) is 35.4 Å². The molecule has 0 aliphatic carbocycles. The Kier molecular flexibility index (Phi) is 4.64. The van der Waals surface area contributed by atoms with Crippen LogP contribution in [0.25, 0.3) is 0 Å². The van der Waals surface area contributed by atoms with E-state index in [9.17, 15) is 8.42 Å². The van der Waals surface area contributed by atoms with Gasteiger partial charge in [0.2, 0.25) is 0 Å². The average Bonchev–Trinajstić information content (AvgIpc) is 2.74. The summed E-state index contributed by atoms with van der Waals surface area (Å²) in [6.45, 7) is 2.62. The van der Waals surface area contributed by atoms with Crippen molar-refractivity contribution in [3.05, 3.63) is 41.7 Å². The van der Waals surface area contributed by atoms with E-state index in [1.807, 2.05) is 19.2 Å². The van der Waals surface area contributed by atoms with Gasteiger partial charge in [0.05, 0.1) is 16.3 Å². The third-order valence-electron chi connectivity index (χ3n) is 3.16. The molecule has 0 bridgehead atoms. The number of hydrogen-bond donors (Lipinski definition) is 2. The lowest BCUT2D eigenvalue weighted by molar-refractivity contribution is 0.601. The van der Waals surface area contributed by atoms with Crippen molar-refractivity contribution in [2.24, 2.45) is 7.05 Å². The molecule has 2 N–H and O–H groups in total. The number of rotatable bonds is 6. The van der Waals surface area contributed by atoms with Crippen molar-refractivity contribution in [2.75, 3.05) is 18.3 Å². The van der Waals surface area contributed by atoms with Crippen molar-refractivity contribution >= 4 is 15.7 Å². The number of benzene rings is 1. The number of nitrogens with zero attached hydrogens (tertiary/aromatic N) is 2. The van der Waals surface area contributed by atoms with Gasteiger partial charge in [-0.2, -0.15) is 5.10 Å². The summed E-state index contributed by atoms with van der Waals surface area (Å²) in [6, 6.07) is 6.92. The number of aromatic nitrogens is 2. The average molecular weight is 308 g/mol. The van der Waals surface area contributed by atoms with Crippen LogP contribution in [0.3, 0.4) is 0 Å². The van der Waals surface area contributed by atoms with Crippen LogP contribution < -0.4 is 10.0 Å². The summed E-state index contributed by atoms with van der Waals surface area (Å²) in [4.78, 5) is 0.249. The Balaban J connectivity index is 2.17. The molecule has 0 aliphatic heterocycles. The summed E-state index contributed by atoms with van der Waals surface area (Å²) >= 11 is 0. The monoisotopic (exact) mass is 308 g/mol. The van der Waals surface area contributed by atoms with Gasteiger partial charge in [0.1, 0.15) is 0 Å². The maximum atomic E-state index is 12.3. The number of hydrogen-bond acceptors (Lipinski definition) is 4. The van der Waals surface area contributed by atoms with Crippen molar-refractivity contribution in [1.29, 1.82) is 0 Å². The fraction of sp³-hybridized carbons (Fsp3) is 0.357. The number of sulfonamides is 1. The summed E-state index contributed by atoms with van der Waals surface area (Å²) in [5.41, 5.74) is 2.24. The lowest BCUT2D eigenvalue weighted by atomic mass is 10.1. The first kappa shape index (κ1) is 15.5. The minimum atomic E-state index is -3.58. The maximum absolute atomic E-state index is 12.3. The molecule has 1 aromatic carbocycles. The smallest absolute Gasteiger partial charge is 0.262 e. The standard InChI is InChI=1S/C14H20N4O2S/c1-11-14(10-18(3)16-11)17-21(19,20)13-6-4-12(5-7-13)8-9-15-2/h4-7,10,15,17H,8-9H2,1-3H3. The predicted molar refractivity (Wildman–Crippen MR) is 82.8 cm³/mol. The first-order chi connectivity index (χ1) is 9.92. The van der Waals surface area contributed by atoms with E-state index in [2.05, 4.69) is 15.1 Å². The van der Waals surface area contributed by atoms with Crippen molar-refractivity contribution in [2.45, 2.75) is 18.2 Å². The van der Waals surface area contributed by atoms with Gasteiger partial charge >= 0.3 is 0 Å². The molecule has 0 spiro atoms. The third kappa shape index (κ3) is 3.83. The number of anilines is 1. The van der Waals surface area contributed by atoms with Gasteiger partial charge in [-0.15, -0.1) is 0 Å². The largest absolute Gasteiger partial charge is 0.319 e. The topological polar surface area (TPSA) is 76.0 Å². The Bertz CT molecular complexity index is 705. The Morgan fingerprint density at radius 2 is 1.90 bits per heavy atom. The van der Waals surface area contributed by atoms with Crippen molar-refractivity contribution in [3.63, 3.8) is 0 Å². The van der Waals surface area contributed by atoms with Crippen LogP contribution in [0, 0.1) is 6.92 Å². The van der Waals surface area contributed by atoms with E-state index < -0.39 is 10.0 Å². The summed E-state index contributed by atoms with van der Waals surface area (Å²) in [5.74, 6) is 0. The first-order valence-electron chi connectivity index (χ1n) is 6.69. The molecule has 6 nitrogen and oxygen atoms in total. The predicted octanol–water partition coefficient (Wildman–Crippen LogP) is 1.29. The van der Waals surface area contributed by atoms with E-state index >= 15 is 0 Å². The molecule has 7 heteroatoms. The Morgan fingerprint density at radius 3 is 2.43 bits per heavy atom. The molecule has 0 unspecified atom stereocenters. The molecule has 0 amide bonds. The van der Waals surface area contributed by atoms with E-state index in [0.717, 1.165) is 18.5 Å². The maximum Gasteiger partial charge on any atom is 0.262 e. The molecule has 2 aromatic rings. The van der Waals surface area contributed by atoms with Gasteiger partial charge in [-0.1, -0.05) is 12.1 Å². The van der Waals surface area contributed by atoms with E-state index in [4.69, 9.17) is 0 Å². The molecule has 0 radical (unpaired) electrons. The highest BCUT2D eigenvalue weighted by Crippen LogP contribution is 2.18. The third-order valence-corrected chi connectivity index (χ3v) is 4.54. The van der Waals surface area contributed by atoms with Crippen LogP contribution in [-0.4, -0.2) is 31.8 Å². The molecule has 1 heterocycles. The quantitative estimate of drug-likeness (QED) is 0.843. The summed E-state index contributed by atoms with van der Waals surface area (Å²) in [7, 11) is 0.0605.